The molecule has 0 heterocycles. The molecule has 0 aromatic carbocycles. The fraction of sp³-hybridized carbons (Fsp3) is 0.886. The highest BCUT2D eigenvalue weighted by Crippen LogP contribution is 2.77. The van der Waals surface area contributed by atoms with E-state index in [1.165, 1.54) is 37.7 Å². The van der Waals surface area contributed by atoms with Gasteiger partial charge in [-0.2, -0.15) is 0 Å². The quantitative estimate of drug-likeness (QED) is 0.194. The first-order chi connectivity index (χ1) is 23.7. The molecule has 6 aliphatic rings. The zero-order chi connectivity index (χ0) is 37.4. The molecular weight excluding hydrogens is 638 g/mol. The number of fused-ring (bicyclic) bond motifs is 7. The number of nitrogens with one attached hydrogen (secondary N) is 1. The largest absolute Gasteiger partial charge is 0.481 e. The van der Waals surface area contributed by atoms with E-state index >= 15 is 0 Å². The van der Waals surface area contributed by atoms with Crippen LogP contribution in [-0.2, 0) is 19.1 Å². The van der Waals surface area contributed by atoms with Crippen molar-refractivity contribution >= 4 is 17.7 Å². The third-order valence-corrected chi connectivity index (χ3v) is 17.0. The molecule has 6 aliphatic carbocycles. The molecule has 9 atom stereocenters. The van der Waals surface area contributed by atoms with Gasteiger partial charge in [-0.3, -0.25) is 14.4 Å². The average Bonchev–Trinajstić information content (AvgIpc) is 3.36. The van der Waals surface area contributed by atoms with Crippen molar-refractivity contribution < 1.29 is 29.3 Å². The van der Waals surface area contributed by atoms with Gasteiger partial charge in [0, 0.05) is 23.8 Å². The number of rotatable bonds is 10. The molecule has 0 aromatic heterocycles. The van der Waals surface area contributed by atoms with Crippen LogP contribution in [0.5, 0.6) is 0 Å². The van der Waals surface area contributed by atoms with E-state index in [0.717, 1.165) is 63.5 Å². The van der Waals surface area contributed by atoms with Gasteiger partial charge in [0.2, 0.25) is 0 Å². The van der Waals surface area contributed by atoms with Gasteiger partial charge in [-0.15, -0.1) is 0 Å². The maximum atomic E-state index is 14.0. The van der Waals surface area contributed by atoms with Crippen LogP contribution in [0.2, 0.25) is 0 Å². The van der Waals surface area contributed by atoms with E-state index < -0.39 is 28.9 Å². The lowest BCUT2D eigenvalue weighted by atomic mass is 9.33. The summed E-state index contributed by atoms with van der Waals surface area (Å²) in [5.74, 6) is 0.944. The van der Waals surface area contributed by atoms with Crippen LogP contribution in [0.4, 0.5) is 0 Å². The maximum absolute atomic E-state index is 14.0. The molecule has 5 fully saturated rings. The number of carbonyl (C=O) groups excluding carboxylic acids is 2. The molecule has 7 nitrogen and oxygen atoms in total. The Bertz CT molecular complexity index is 1410. The average molecular weight is 710 g/mol. The maximum Gasteiger partial charge on any atom is 0.309 e. The fourth-order valence-corrected chi connectivity index (χ4v) is 13.9. The third-order valence-electron chi connectivity index (χ3n) is 17.0. The number of aliphatic carboxylic acids is 1. The van der Waals surface area contributed by atoms with E-state index in [1.807, 2.05) is 0 Å². The molecule has 3 N–H and O–H groups in total. The van der Waals surface area contributed by atoms with Crippen LogP contribution >= 0.6 is 0 Å². The zero-order valence-corrected chi connectivity index (χ0v) is 33.6. The van der Waals surface area contributed by atoms with Crippen molar-refractivity contribution in [1.29, 1.82) is 0 Å². The zero-order valence-electron chi connectivity index (χ0n) is 33.6. The Morgan fingerprint density at radius 1 is 0.882 bits per heavy atom. The van der Waals surface area contributed by atoms with Crippen LogP contribution in [0.15, 0.2) is 11.1 Å². The van der Waals surface area contributed by atoms with Gasteiger partial charge in [-0.1, -0.05) is 73.3 Å². The Hall–Kier alpha value is -1.73. The minimum Gasteiger partial charge on any atom is -0.481 e. The number of Topliss-reactive ketones (excluding diaryl/α,β-unsaturated/α-hetero) is 1. The van der Waals surface area contributed by atoms with Crippen molar-refractivity contribution in [3.05, 3.63) is 11.1 Å². The summed E-state index contributed by atoms with van der Waals surface area (Å²) >= 11 is 0. The monoisotopic (exact) mass is 710 g/mol. The van der Waals surface area contributed by atoms with Crippen LogP contribution in [0.25, 0.3) is 0 Å². The van der Waals surface area contributed by atoms with E-state index in [4.69, 9.17) is 4.74 Å². The number of carbonyl (C=O) groups is 3. The predicted molar refractivity (Wildman–Crippen MR) is 201 cm³/mol. The molecule has 0 aromatic rings. The molecule has 288 valence electrons. The highest BCUT2D eigenvalue weighted by atomic mass is 16.5. The molecular formula is C44H71NO6. The number of aliphatic hydroxyl groups is 1. The van der Waals surface area contributed by atoms with Crippen LogP contribution in [0.1, 0.15) is 159 Å². The second kappa shape index (κ2) is 13.5. The Morgan fingerprint density at radius 3 is 2.22 bits per heavy atom. The van der Waals surface area contributed by atoms with E-state index in [1.54, 1.807) is 13.8 Å². The molecule has 0 spiro atoms. The lowest BCUT2D eigenvalue weighted by molar-refractivity contribution is -0.235. The summed E-state index contributed by atoms with van der Waals surface area (Å²) in [6, 6.07) is 0. The van der Waals surface area contributed by atoms with E-state index in [2.05, 4.69) is 53.8 Å². The number of ketones is 1. The van der Waals surface area contributed by atoms with Gasteiger partial charge in [-0.25, -0.2) is 0 Å². The molecule has 1 unspecified atom stereocenters. The van der Waals surface area contributed by atoms with Gasteiger partial charge in [0.05, 0.1) is 17.9 Å². The Kier molecular flexibility index (Phi) is 10.3. The number of esters is 1. The van der Waals surface area contributed by atoms with Gasteiger partial charge in [0.25, 0.3) is 0 Å². The summed E-state index contributed by atoms with van der Waals surface area (Å²) in [6.07, 6.45) is 14.2. The first-order valence-corrected chi connectivity index (χ1v) is 20.8. The molecule has 0 bridgehead atoms. The SMILES string of the molecule is CC(C)C1=C2[C@H]3CC[C@@H]4[C@@]5(C)CCC(OC(=O)CC(C)(C)C(=O)O)C(C)(C)[C@@H]5CC[C@@]4(C)[C@]3(C)CC[C@@]2([C@H](O)CNCC2CCCCC2)CC1=O. The van der Waals surface area contributed by atoms with Crippen molar-refractivity contribution in [2.75, 3.05) is 13.1 Å². The lowest BCUT2D eigenvalue weighted by Crippen LogP contribution is -2.66. The van der Waals surface area contributed by atoms with Crippen LogP contribution in [0, 0.1) is 62.1 Å². The molecule has 6 rings (SSSR count). The Balaban J connectivity index is 1.25. The third kappa shape index (κ3) is 6.18. The predicted octanol–water partition coefficient (Wildman–Crippen LogP) is 8.91. The standard InChI is InChI=1S/C44H71NO6/c1-27(2)36-30(46)23-44(33(47)26-45-25-28-13-11-10-12-14-28)22-21-42(8)29(37(36)44)15-16-32-41(7)19-18-34(51-35(48)24-39(3,4)38(49)50)40(5,6)31(41)17-20-43(32,42)9/h27-29,31-34,45,47H,10-26H2,1-9H3,(H,49,50)/t29-,31+,32-,33-,34?,41+,42-,43-,44+/m1/s1. The highest BCUT2D eigenvalue weighted by Gasteiger charge is 2.70. The fourth-order valence-electron chi connectivity index (χ4n) is 13.9. The second-order valence-electron chi connectivity index (χ2n) is 20.7. The number of hydrogen-bond acceptors (Lipinski definition) is 6. The number of aliphatic hydroxyl groups excluding tert-OH is 1. The summed E-state index contributed by atoms with van der Waals surface area (Å²) in [5.41, 5.74) is 0.747. The normalized spacial score (nSPS) is 40.3. The molecule has 0 radical (unpaired) electrons. The highest BCUT2D eigenvalue weighted by molar-refractivity contribution is 6.00. The summed E-state index contributed by atoms with van der Waals surface area (Å²) in [5, 5.41) is 25.5. The van der Waals surface area contributed by atoms with Crippen molar-refractivity contribution in [1.82, 2.24) is 5.32 Å². The molecule has 5 saturated carbocycles. The summed E-state index contributed by atoms with van der Waals surface area (Å²) in [7, 11) is 0. The number of carboxylic acids is 1. The summed E-state index contributed by atoms with van der Waals surface area (Å²) in [4.78, 5) is 38.9. The van der Waals surface area contributed by atoms with Gasteiger partial charge in [0.15, 0.2) is 5.78 Å². The Morgan fingerprint density at radius 2 is 1.57 bits per heavy atom. The minimum atomic E-state index is -1.15. The summed E-state index contributed by atoms with van der Waals surface area (Å²) < 4.78 is 6.17. The topological polar surface area (TPSA) is 113 Å². The number of ether oxygens (including phenoxy) is 1. The van der Waals surface area contributed by atoms with E-state index in [0.29, 0.717) is 36.6 Å². The van der Waals surface area contributed by atoms with Crippen molar-refractivity contribution in [2.45, 2.75) is 171 Å². The van der Waals surface area contributed by atoms with Gasteiger partial charge in [-0.05, 0) is 136 Å². The van der Waals surface area contributed by atoms with E-state index in [-0.39, 0.29) is 45.9 Å². The van der Waals surface area contributed by atoms with Crippen LogP contribution in [-0.4, -0.2) is 53.2 Å². The minimum absolute atomic E-state index is 0.0264. The number of allylic oxidation sites excluding steroid dienone is 1. The molecule has 0 saturated heterocycles. The van der Waals surface area contributed by atoms with Crippen molar-refractivity contribution in [3.63, 3.8) is 0 Å². The number of carboxylic acid groups (broad SMARTS) is 1. The first-order valence-electron chi connectivity index (χ1n) is 20.8. The van der Waals surface area contributed by atoms with Crippen molar-refractivity contribution in [2.24, 2.45) is 62.1 Å². The van der Waals surface area contributed by atoms with Gasteiger partial charge < -0.3 is 20.3 Å². The molecule has 7 heteroatoms. The van der Waals surface area contributed by atoms with Crippen molar-refractivity contribution in [3.8, 4) is 0 Å². The Labute approximate surface area is 308 Å². The smallest absolute Gasteiger partial charge is 0.309 e. The second-order valence-corrected chi connectivity index (χ2v) is 20.7. The van der Waals surface area contributed by atoms with Gasteiger partial charge >= 0.3 is 11.9 Å². The van der Waals surface area contributed by atoms with E-state index in [9.17, 15) is 24.6 Å². The van der Waals surface area contributed by atoms with Crippen LogP contribution < -0.4 is 5.32 Å². The molecule has 0 amide bonds. The number of hydrogen-bond donors (Lipinski definition) is 3. The first kappa shape index (κ1) is 39.0. The molecule has 0 aliphatic heterocycles. The van der Waals surface area contributed by atoms with Crippen LogP contribution in [0.3, 0.4) is 0 Å². The molecule has 51 heavy (non-hydrogen) atoms. The lowest BCUT2D eigenvalue weighted by Gasteiger charge is -2.72. The van der Waals surface area contributed by atoms with Gasteiger partial charge in [0.1, 0.15) is 6.10 Å². The summed E-state index contributed by atoms with van der Waals surface area (Å²) in [6.45, 7) is 21.3.